The van der Waals surface area contributed by atoms with Crippen LogP contribution in [0.2, 0.25) is 0 Å². The van der Waals surface area contributed by atoms with Crippen LogP contribution >= 0.6 is 0 Å². The number of benzene rings is 2. The van der Waals surface area contributed by atoms with E-state index >= 15 is 0 Å². The van der Waals surface area contributed by atoms with Gasteiger partial charge in [-0.2, -0.15) is 0 Å². The van der Waals surface area contributed by atoms with E-state index in [1.54, 1.807) is 22.9 Å². The van der Waals surface area contributed by atoms with E-state index in [2.05, 4.69) is 25.4 Å². The van der Waals surface area contributed by atoms with E-state index in [9.17, 15) is 9.18 Å². The summed E-state index contributed by atoms with van der Waals surface area (Å²) in [5.74, 6) is 1.65. The number of tetrazole rings is 1. The van der Waals surface area contributed by atoms with Gasteiger partial charge in [-0.1, -0.05) is 12.1 Å². The number of aromatic amines is 1. The van der Waals surface area contributed by atoms with E-state index in [0.717, 1.165) is 30.4 Å². The van der Waals surface area contributed by atoms with Crippen molar-refractivity contribution in [2.24, 2.45) is 0 Å². The molecule has 0 aliphatic carbocycles. The first-order valence-corrected chi connectivity index (χ1v) is 11.9. The van der Waals surface area contributed by atoms with Crippen molar-refractivity contribution >= 4 is 10.9 Å². The maximum Gasteiger partial charge on any atom is 0.252 e. The average molecular weight is 493 g/mol. The first-order valence-electron chi connectivity index (χ1n) is 11.9. The van der Waals surface area contributed by atoms with Crippen LogP contribution in [0.15, 0.2) is 47.3 Å². The van der Waals surface area contributed by atoms with Crippen molar-refractivity contribution in [1.29, 1.82) is 0 Å². The summed E-state index contributed by atoms with van der Waals surface area (Å²) >= 11 is 0. The zero-order valence-electron chi connectivity index (χ0n) is 19.5. The van der Waals surface area contributed by atoms with E-state index in [1.807, 2.05) is 12.1 Å². The summed E-state index contributed by atoms with van der Waals surface area (Å²) in [6, 6.07) is 11.8. The van der Waals surface area contributed by atoms with E-state index in [-0.39, 0.29) is 24.3 Å². The van der Waals surface area contributed by atoms with Gasteiger partial charge in [0.15, 0.2) is 17.3 Å². The first-order chi connectivity index (χ1) is 17.6. The van der Waals surface area contributed by atoms with Crippen LogP contribution in [0.1, 0.15) is 29.8 Å². The molecule has 6 rings (SSSR count). The summed E-state index contributed by atoms with van der Waals surface area (Å²) in [6.45, 7) is 2.78. The predicted octanol–water partition coefficient (Wildman–Crippen LogP) is 2.61. The number of pyridine rings is 1. The summed E-state index contributed by atoms with van der Waals surface area (Å²) in [5.41, 5.74) is 2.05. The van der Waals surface area contributed by atoms with Gasteiger partial charge in [-0.05, 0) is 53.1 Å². The molecular formula is C25H25FN6O4. The molecule has 0 amide bonds. The van der Waals surface area contributed by atoms with Gasteiger partial charge < -0.3 is 19.2 Å². The van der Waals surface area contributed by atoms with Gasteiger partial charge in [0.1, 0.15) is 5.82 Å². The number of halogens is 1. The summed E-state index contributed by atoms with van der Waals surface area (Å²) in [6.07, 6.45) is 2.07. The van der Waals surface area contributed by atoms with Crippen molar-refractivity contribution in [3.63, 3.8) is 0 Å². The topological polar surface area (TPSA) is 107 Å². The Balaban J connectivity index is 1.26. The van der Waals surface area contributed by atoms with Gasteiger partial charge in [-0.3, -0.25) is 9.69 Å². The molecule has 36 heavy (non-hydrogen) atoms. The molecule has 4 aromatic rings. The van der Waals surface area contributed by atoms with E-state index in [1.165, 1.54) is 12.1 Å². The third-order valence-electron chi connectivity index (χ3n) is 6.51. The van der Waals surface area contributed by atoms with Crippen molar-refractivity contribution < 1.29 is 18.6 Å². The molecule has 2 aromatic carbocycles. The lowest BCUT2D eigenvalue weighted by Crippen LogP contribution is -2.34. The van der Waals surface area contributed by atoms with Crippen molar-refractivity contribution in [2.45, 2.75) is 38.6 Å². The predicted molar refractivity (Wildman–Crippen MR) is 127 cm³/mol. The summed E-state index contributed by atoms with van der Waals surface area (Å²) < 4.78 is 31.8. The number of hydrogen-bond donors (Lipinski definition) is 1. The summed E-state index contributed by atoms with van der Waals surface area (Å²) in [7, 11) is 0. The molecule has 1 N–H and O–H groups in total. The molecular weight excluding hydrogens is 467 g/mol. The zero-order chi connectivity index (χ0) is 24.5. The molecule has 2 aliphatic rings. The third kappa shape index (κ3) is 4.79. The molecule has 0 saturated carbocycles. The van der Waals surface area contributed by atoms with E-state index < -0.39 is 0 Å². The van der Waals surface area contributed by atoms with Gasteiger partial charge in [0.25, 0.3) is 5.56 Å². The monoisotopic (exact) mass is 492 g/mol. The molecule has 186 valence electrons. The van der Waals surface area contributed by atoms with Crippen molar-refractivity contribution in [1.82, 2.24) is 30.1 Å². The van der Waals surface area contributed by atoms with Crippen molar-refractivity contribution in [3.05, 3.63) is 75.6 Å². The Kier molecular flexibility index (Phi) is 6.08. The average Bonchev–Trinajstić information content (AvgIpc) is 3.63. The molecule has 2 aromatic heterocycles. The Morgan fingerprint density at radius 2 is 1.94 bits per heavy atom. The zero-order valence-corrected chi connectivity index (χ0v) is 19.5. The number of aromatic nitrogens is 5. The number of nitrogens with zero attached hydrogens (tertiary/aromatic N) is 5. The maximum absolute atomic E-state index is 13.3. The number of ether oxygens (including phenoxy) is 3. The van der Waals surface area contributed by atoms with Crippen LogP contribution in [0.3, 0.4) is 0 Å². The smallest absolute Gasteiger partial charge is 0.252 e. The molecule has 4 heterocycles. The molecule has 0 spiro atoms. The van der Waals surface area contributed by atoms with Crippen LogP contribution in [-0.2, 0) is 24.4 Å². The molecule has 1 fully saturated rings. The summed E-state index contributed by atoms with van der Waals surface area (Å²) in [5, 5.41) is 13.1. The van der Waals surface area contributed by atoms with Gasteiger partial charge in [-0.25, -0.2) is 9.07 Å². The van der Waals surface area contributed by atoms with E-state index in [0.29, 0.717) is 54.6 Å². The lowest BCUT2D eigenvalue weighted by Gasteiger charge is -2.24. The molecule has 0 radical (unpaired) electrons. The van der Waals surface area contributed by atoms with Gasteiger partial charge in [-0.15, -0.1) is 5.10 Å². The lowest BCUT2D eigenvalue weighted by molar-refractivity contribution is 0.0663. The number of H-pyrrole nitrogens is 1. The second-order valence-electron chi connectivity index (χ2n) is 9.10. The van der Waals surface area contributed by atoms with E-state index in [4.69, 9.17) is 14.2 Å². The normalized spacial score (nSPS) is 16.9. The molecule has 1 saturated heterocycles. The minimum absolute atomic E-state index is 0.0831. The highest BCUT2D eigenvalue weighted by Gasteiger charge is 2.23. The molecule has 10 nitrogen and oxygen atoms in total. The van der Waals surface area contributed by atoms with Crippen molar-refractivity contribution in [2.75, 3.05) is 19.9 Å². The number of nitrogens with one attached hydrogen (secondary N) is 1. The Morgan fingerprint density at radius 3 is 2.75 bits per heavy atom. The highest BCUT2D eigenvalue weighted by atomic mass is 19.1. The fraction of sp³-hybridized carbons (Fsp3) is 0.360. The quantitative estimate of drug-likeness (QED) is 0.400. The lowest BCUT2D eigenvalue weighted by atomic mass is 10.1. The Bertz CT molecular complexity index is 1430. The Morgan fingerprint density at radius 1 is 1.11 bits per heavy atom. The maximum atomic E-state index is 13.3. The standard InChI is InChI=1S/C25H25FN6O4/c26-19-5-3-16(4-6-19)11-32-24(28-29-30-32)14-31(13-20-2-1-7-34-20)12-18-8-17-9-22-23(36-15-35-22)10-21(17)27-25(18)33/h3-6,8-10,20H,1-2,7,11-15H2,(H,27,33)/t20-/m0/s1. The molecule has 0 bridgehead atoms. The minimum atomic E-state index is -0.289. The highest BCUT2D eigenvalue weighted by Crippen LogP contribution is 2.35. The number of fused-ring (bicyclic) bond motifs is 2. The second-order valence-corrected chi connectivity index (χ2v) is 9.10. The van der Waals surface area contributed by atoms with Gasteiger partial charge in [0.05, 0.1) is 24.7 Å². The second kappa shape index (κ2) is 9.67. The van der Waals surface area contributed by atoms with Crippen LogP contribution in [0.25, 0.3) is 10.9 Å². The molecule has 1 atom stereocenters. The highest BCUT2D eigenvalue weighted by molar-refractivity contribution is 5.83. The molecule has 0 unspecified atom stereocenters. The largest absolute Gasteiger partial charge is 0.454 e. The SMILES string of the molecule is O=c1[nH]c2cc3c(cc2cc1CN(Cc1nnnn1Cc1ccc(F)cc1)C[C@@H]1CCCO1)OCO3. The molecule has 2 aliphatic heterocycles. The van der Waals surface area contributed by atoms with Gasteiger partial charge >= 0.3 is 0 Å². The van der Waals surface area contributed by atoms with Crippen LogP contribution in [-0.4, -0.2) is 56.1 Å². The minimum Gasteiger partial charge on any atom is -0.454 e. The fourth-order valence-corrected chi connectivity index (χ4v) is 4.68. The van der Waals surface area contributed by atoms with Gasteiger partial charge in [0.2, 0.25) is 6.79 Å². The molecule has 11 heteroatoms. The Labute approximate surface area is 205 Å². The summed E-state index contributed by atoms with van der Waals surface area (Å²) in [4.78, 5) is 18.1. The fourth-order valence-electron chi connectivity index (χ4n) is 4.68. The number of hydrogen-bond acceptors (Lipinski definition) is 8. The van der Waals surface area contributed by atoms with Crippen LogP contribution in [0.5, 0.6) is 11.5 Å². The van der Waals surface area contributed by atoms with Crippen LogP contribution < -0.4 is 15.0 Å². The Hall–Kier alpha value is -3.83. The third-order valence-corrected chi connectivity index (χ3v) is 6.51. The van der Waals surface area contributed by atoms with Gasteiger partial charge in [0, 0.05) is 36.7 Å². The van der Waals surface area contributed by atoms with Crippen molar-refractivity contribution in [3.8, 4) is 11.5 Å². The van der Waals surface area contributed by atoms with Crippen LogP contribution in [0.4, 0.5) is 4.39 Å². The first kappa shape index (κ1) is 22.6. The van der Waals surface area contributed by atoms with Crippen LogP contribution in [0, 0.1) is 5.82 Å². The number of rotatable bonds is 8.